The number of urea groups is 1. The molecule has 2 N–H and O–H groups in total. The van der Waals surface area contributed by atoms with Gasteiger partial charge in [0, 0.05) is 13.1 Å². The summed E-state index contributed by atoms with van der Waals surface area (Å²) in [5.41, 5.74) is -4.27. The highest BCUT2D eigenvalue weighted by atomic mass is 32.2. The van der Waals surface area contributed by atoms with E-state index in [0.29, 0.717) is 29.9 Å². The normalized spacial score (nSPS) is 15.9. The molecule has 2 amide bonds. The van der Waals surface area contributed by atoms with Gasteiger partial charge in [-0.15, -0.1) is 0 Å². The number of hydrogen-bond donors (Lipinski definition) is 2. The van der Waals surface area contributed by atoms with Gasteiger partial charge in [-0.1, -0.05) is 6.07 Å². The number of hydrogen-bond acceptors (Lipinski definition) is 3. The molecular formula is C12H14F3N3O3S. The molecule has 122 valence electrons. The van der Waals surface area contributed by atoms with E-state index < -0.39 is 15.5 Å². The lowest BCUT2D eigenvalue weighted by Crippen LogP contribution is -2.31. The number of sulfonamides is 1. The van der Waals surface area contributed by atoms with E-state index in [0.717, 1.165) is 0 Å². The molecular weight excluding hydrogens is 323 g/mol. The molecule has 1 aromatic carbocycles. The largest absolute Gasteiger partial charge is 0.516 e. The molecule has 1 aliphatic heterocycles. The second kappa shape index (κ2) is 5.34. The van der Waals surface area contributed by atoms with Crippen molar-refractivity contribution in [2.45, 2.75) is 19.4 Å². The van der Waals surface area contributed by atoms with Gasteiger partial charge in [0.1, 0.15) is 0 Å². The maximum absolute atomic E-state index is 12.5. The number of amides is 2. The lowest BCUT2D eigenvalue weighted by molar-refractivity contribution is -0.0429. The average molecular weight is 337 g/mol. The SMILES string of the molecule is Cc1cc(C)c(N2CCNC2=O)cc1NS(=O)(=O)C(F)(F)F. The van der Waals surface area contributed by atoms with E-state index in [4.69, 9.17) is 0 Å². The molecule has 0 aromatic heterocycles. The predicted molar refractivity (Wildman–Crippen MR) is 75.3 cm³/mol. The molecule has 0 atom stereocenters. The van der Waals surface area contributed by atoms with E-state index in [1.807, 2.05) is 0 Å². The number of benzene rings is 1. The Morgan fingerprint density at radius 2 is 1.86 bits per heavy atom. The fourth-order valence-corrected chi connectivity index (χ4v) is 2.77. The number of alkyl halides is 3. The first-order valence-corrected chi connectivity index (χ1v) is 7.77. The Hall–Kier alpha value is -1.97. The molecule has 2 rings (SSSR count). The van der Waals surface area contributed by atoms with Crippen molar-refractivity contribution >= 4 is 27.4 Å². The average Bonchev–Trinajstić information content (AvgIpc) is 2.77. The fourth-order valence-electron chi connectivity index (χ4n) is 2.15. The van der Waals surface area contributed by atoms with Gasteiger partial charge < -0.3 is 5.32 Å². The summed E-state index contributed by atoms with van der Waals surface area (Å²) in [4.78, 5) is 13.0. The third-order valence-corrected chi connectivity index (χ3v) is 4.34. The quantitative estimate of drug-likeness (QED) is 0.886. The second-order valence-corrected chi connectivity index (χ2v) is 6.56. The number of rotatable bonds is 3. The van der Waals surface area contributed by atoms with Crippen LogP contribution in [0.4, 0.5) is 29.3 Å². The van der Waals surface area contributed by atoms with Crippen molar-refractivity contribution in [3.63, 3.8) is 0 Å². The molecule has 1 aromatic rings. The van der Waals surface area contributed by atoms with Crippen LogP contribution >= 0.6 is 0 Å². The zero-order valence-corrected chi connectivity index (χ0v) is 12.6. The molecule has 10 heteroatoms. The van der Waals surface area contributed by atoms with Crippen LogP contribution in [0, 0.1) is 13.8 Å². The van der Waals surface area contributed by atoms with E-state index in [9.17, 15) is 26.4 Å². The van der Waals surface area contributed by atoms with Crippen LogP contribution in [-0.4, -0.2) is 33.0 Å². The van der Waals surface area contributed by atoms with Crippen molar-refractivity contribution in [1.82, 2.24) is 5.32 Å². The van der Waals surface area contributed by atoms with Crippen molar-refractivity contribution in [1.29, 1.82) is 0 Å². The molecule has 0 bridgehead atoms. The molecule has 1 fully saturated rings. The Morgan fingerprint density at radius 3 is 2.36 bits per heavy atom. The summed E-state index contributed by atoms with van der Waals surface area (Å²) in [5.74, 6) is 0. The van der Waals surface area contributed by atoms with Crippen LogP contribution in [0.25, 0.3) is 0 Å². The maximum atomic E-state index is 12.5. The van der Waals surface area contributed by atoms with Crippen molar-refractivity contribution < 1.29 is 26.4 Å². The lowest BCUT2D eigenvalue weighted by Gasteiger charge is -2.20. The Bertz CT molecular complexity index is 716. The summed E-state index contributed by atoms with van der Waals surface area (Å²) in [7, 11) is -5.51. The highest BCUT2D eigenvalue weighted by Gasteiger charge is 2.46. The molecule has 0 aliphatic carbocycles. The first-order chi connectivity index (χ1) is 10.0. The number of carbonyl (C=O) groups is 1. The Labute approximate surface area is 125 Å². The summed E-state index contributed by atoms with van der Waals surface area (Å²) in [5, 5.41) is 2.57. The first kappa shape index (κ1) is 16.4. The summed E-state index contributed by atoms with van der Waals surface area (Å²) in [6.07, 6.45) is 0. The van der Waals surface area contributed by atoms with Gasteiger partial charge >= 0.3 is 21.6 Å². The molecule has 1 aliphatic rings. The lowest BCUT2D eigenvalue weighted by atomic mass is 10.1. The topological polar surface area (TPSA) is 78.5 Å². The van der Waals surface area contributed by atoms with Crippen LogP contribution in [0.5, 0.6) is 0 Å². The molecule has 0 unspecified atom stereocenters. The van der Waals surface area contributed by atoms with Crippen LogP contribution in [0.15, 0.2) is 12.1 Å². The Kier molecular flexibility index (Phi) is 3.98. The van der Waals surface area contributed by atoms with Crippen LogP contribution in [0.2, 0.25) is 0 Å². The van der Waals surface area contributed by atoms with Crippen LogP contribution in [0.1, 0.15) is 11.1 Å². The Morgan fingerprint density at radius 1 is 1.23 bits per heavy atom. The molecule has 6 nitrogen and oxygen atoms in total. The van der Waals surface area contributed by atoms with E-state index in [-0.39, 0.29) is 11.7 Å². The van der Waals surface area contributed by atoms with Gasteiger partial charge in [0.25, 0.3) is 0 Å². The van der Waals surface area contributed by atoms with Gasteiger partial charge in [-0.2, -0.15) is 21.6 Å². The zero-order valence-electron chi connectivity index (χ0n) is 11.8. The summed E-state index contributed by atoms with van der Waals surface area (Å²) < 4.78 is 61.4. The van der Waals surface area contributed by atoms with Gasteiger partial charge in [-0.3, -0.25) is 9.62 Å². The van der Waals surface area contributed by atoms with E-state index in [1.54, 1.807) is 6.92 Å². The minimum atomic E-state index is -5.51. The maximum Gasteiger partial charge on any atom is 0.516 e. The molecule has 0 saturated carbocycles. The van der Waals surface area contributed by atoms with Crippen molar-refractivity contribution in [2.24, 2.45) is 0 Å². The van der Waals surface area contributed by atoms with Crippen LogP contribution in [0.3, 0.4) is 0 Å². The molecule has 22 heavy (non-hydrogen) atoms. The predicted octanol–water partition coefficient (Wildman–Crippen LogP) is 2.09. The standard InChI is InChI=1S/C12H14F3N3O3S/c1-7-5-8(2)10(18-4-3-16-11(18)19)6-9(7)17-22(20,21)12(13,14)15/h5-6,17H,3-4H2,1-2H3,(H,16,19). The number of aryl methyl sites for hydroxylation is 2. The summed E-state index contributed by atoms with van der Waals surface area (Å²) in [6, 6.07) is 2.38. The smallest absolute Gasteiger partial charge is 0.336 e. The monoisotopic (exact) mass is 337 g/mol. The van der Waals surface area contributed by atoms with Crippen molar-refractivity contribution in [2.75, 3.05) is 22.7 Å². The van der Waals surface area contributed by atoms with Gasteiger partial charge in [0.05, 0.1) is 11.4 Å². The van der Waals surface area contributed by atoms with Gasteiger partial charge in [0.2, 0.25) is 0 Å². The minimum absolute atomic E-state index is 0.211. The summed E-state index contributed by atoms with van der Waals surface area (Å²) in [6.45, 7) is 3.94. The minimum Gasteiger partial charge on any atom is -0.336 e. The summed E-state index contributed by atoms with van der Waals surface area (Å²) >= 11 is 0. The Balaban J connectivity index is 2.43. The third kappa shape index (κ3) is 2.96. The van der Waals surface area contributed by atoms with Crippen LogP contribution < -0.4 is 14.9 Å². The van der Waals surface area contributed by atoms with Gasteiger partial charge in [-0.05, 0) is 31.0 Å². The van der Waals surface area contributed by atoms with E-state index >= 15 is 0 Å². The number of carbonyl (C=O) groups excluding carboxylic acids is 1. The highest BCUT2D eigenvalue weighted by Crippen LogP contribution is 2.32. The van der Waals surface area contributed by atoms with Crippen molar-refractivity contribution in [3.05, 3.63) is 23.3 Å². The van der Waals surface area contributed by atoms with Gasteiger partial charge in [0.15, 0.2) is 0 Å². The van der Waals surface area contributed by atoms with Crippen LogP contribution in [-0.2, 0) is 10.0 Å². The molecule has 0 radical (unpaired) electrons. The number of anilines is 2. The number of nitrogens with one attached hydrogen (secondary N) is 2. The van der Waals surface area contributed by atoms with Gasteiger partial charge in [-0.25, -0.2) is 4.79 Å². The highest BCUT2D eigenvalue weighted by molar-refractivity contribution is 7.93. The van der Waals surface area contributed by atoms with E-state index in [1.165, 1.54) is 28.7 Å². The van der Waals surface area contributed by atoms with E-state index in [2.05, 4.69) is 5.32 Å². The first-order valence-electron chi connectivity index (χ1n) is 6.28. The molecule has 0 spiro atoms. The second-order valence-electron chi connectivity index (χ2n) is 4.89. The fraction of sp³-hybridized carbons (Fsp3) is 0.417. The molecule has 1 saturated heterocycles. The number of halogens is 3. The number of nitrogens with zero attached hydrogens (tertiary/aromatic N) is 1. The zero-order chi connectivity index (χ0) is 16.7. The molecule has 1 heterocycles. The van der Waals surface area contributed by atoms with Crippen molar-refractivity contribution in [3.8, 4) is 0 Å². The third-order valence-electron chi connectivity index (χ3n) is 3.24.